The van der Waals surface area contributed by atoms with Crippen molar-refractivity contribution in [3.63, 3.8) is 0 Å². The number of hydrogen-bond donors (Lipinski definition) is 0. The predicted octanol–water partition coefficient (Wildman–Crippen LogP) is 2.67. The molecule has 0 radical (unpaired) electrons. The number of benzene rings is 1. The molecule has 0 saturated carbocycles. The zero-order valence-corrected chi connectivity index (χ0v) is 10.1. The number of carbonyl (C=O) groups excluding carboxylic acids is 1. The van der Waals surface area contributed by atoms with Gasteiger partial charge >= 0.3 is 6.09 Å². The second kappa shape index (κ2) is 7.34. The molecule has 0 N–H and O–H groups in total. The molecule has 0 fully saturated rings. The molecule has 0 spiro atoms. The zero-order chi connectivity index (χ0) is 12.5. The standard InChI is InChI=1S/C14H17NO2/c1-3-10-15(11-4-2)14(16)17-12-13-8-6-5-7-9-13/h1,5-9H,4,10-12H2,2H3. The first kappa shape index (κ1) is 13.1. The number of nitrogens with zero attached hydrogens (tertiary/aromatic N) is 1. The third-order valence-electron chi connectivity index (χ3n) is 2.24. The maximum atomic E-state index is 11.7. The average Bonchev–Trinajstić information content (AvgIpc) is 2.37. The lowest BCUT2D eigenvalue weighted by Gasteiger charge is -2.18. The summed E-state index contributed by atoms with van der Waals surface area (Å²) in [6.45, 7) is 3.19. The predicted molar refractivity (Wildman–Crippen MR) is 67.3 cm³/mol. The summed E-state index contributed by atoms with van der Waals surface area (Å²) in [5.41, 5.74) is 0.970. The molecule has 0 heterocycles. The minimum Gasteiger partial charge on any atom is -0.445 e. The Morgan fingerprint density at radius 1 is 1.41 bits per heavy atom. The highest BCUT2D eigenvalue weighted by atomic mass is 16.6. The van der Waals surface area contributed by atoms with Gasteiger partial charge in [-0.1, -0.05) is 43.2 Å². The highest BCUT2D eigenvalue weighted by Crippen LogP contribution is 2.03. The third kappa shape index (κ3) is 4.60. The van der Waals surface area contributed by atoms with E-state index in [9.17, 15) is 4.79 Å². The number of terminal acetylenes is 1. The van der Waals surface area contributed by atoms with E-state index < -0.39 is 0 Å². The van der Waals surface area contributed by atoms with Gasteiger partial charge in [-0.15, -0.1) is 6.42 Å². The largest absolute Gasteiger partial charge is 0.445 e. The van der Waals surface area contributed by atoms with Crippen molar-refractivity contribution in [3.8, 4) is 12.3 Å². The number of rotatable bonds is 5. The van der Waals surface area contributed by atoms with Crippen molar-refractivity contribution in [2.75, 3.05) is 13.1 Å². The molecule has 0 saturated heterocycles. The summed E-state index contributed by atoms with van der Waals surface area (Å²) in [7, 11) is 0. The summed E-state index contributed by atoms with van der Waals surface area (Å²) < 4.78 is 5.19. The maximum Gasteiger partial charge on any atom is 0.410 e. The molecular formula is C14H17NO2. The monoisotopic (exact) mass is 231 g/mol. The second-order valence-corrected chi connectivity index (χ2v) is 3.67. The lowest BCUT2D eigenvalue weighted by molar-refractivity contribution is 0.101. The Balaban J connectivity index is 2.45. The van der Waals surface area contributed by atoms with E-state index in [-0.39, 0.29) is 12.7 Å². The van der Waals surface area contributed by atoms with Gasteiger partial charge in [-0.25, -0.2) is 4.79 Å². The zero-order valence-electron chi connectivity index (χ0n) is 10.1. The van der Waals surface area contributed by atoms with Crippen molar-refractivity contribution < 1.29 is 9.53 Å². The average molecular weight is 231 g/mol. The van der Waals surface area contributed by atoms with E-state index in [4.69, 9.17) is 11.2 Å². The van der Waals surface area contributed by atoms with Gasteiger partial charge in [-0.05, 0) is 12.0 Å². The highest BCUT2D eigenvalue weighted by molar-refractivity contribution is 5.68. The summed E-state index contributed by atoms with van der Waals surface area (Å²) in [5.74, 6) is 2.46. The van der Waals surface area contributed by atoms with Crippen molar-refractivity contribution >= 4 is 6.09 Å². The molecule has 90 valence electrons. The number of carbonyl (C=O) groups is 1. The summed E-state index contributed by atoms with van der Waals surface area (Å²) in [4.78, 5) is 13.2. The fourth-order valence-corrected chi connectivity index (χ4v) is 1.43. The van der Waals surface area contributed by atoms with Crippen molar-refractivity contribution in [2.24, 2.45) is 0 Å². The van der Waals surface area contributed by atoms with Gasteiger partial charge in [0.2, 0.25) is 0 Å². The van der Waals surface area contributed by atoms with Gasteiger partial charge in [-0.2, -0.15) is 0 Å². The van der Waals surface area contributed by atoms with Gasteiger partial charge in [0, 0.05) is 6.54 Å². The Morgan fingerprint density at radius 3 is 2.71 bits per heavy atom. The third-order valence-corrected chi connectivity index (χ3v) is 2.24. The molecular weight excluding hydrogens is 214 g/mol. The van der Waals surface area contributed by atoms with Gasteiger partial charge in [0.1, 0.15) is 6.61 Å². The van der Waals surface area contributed by atoms with Gasteiger partial charge in [0.25, 0.3) is 0 Å². The first-order valence-corrected chi connectivity index (χ1v) is 5.67. The molecule has 0 bridgehead atoms. The van der Waals surface area contributed by atoms with Crippen LogP contribution in [0.4, 0.5) is 4.79 Å². The van der Waals surface area contributed by atoms with Crippen LogP contribution >= 0.6 is 0 Å². The van der Waals surface area contributed by atoms with E-state index >= 15 is 0 Å². The normalized spacial score (nSPS) is 9.41. The second-order valence-electron chi connectivity index (χ2n) is 3.67. The lowest BCUT2D eigenvalue weighted by Crippen LogP contribution is -2.32. The Hall–Kier alpha value is -1.95. The van der Waals surface area contributed by atoms with E-state index in [2.05, 4.69) is 5.92 Å². The highest BCUT2D eigenvalue weighted by Gasteiger charge is 2.12. The van der Waals surface area contributed by atoms with Crippen molar-refractivity contribution in [1.82, 2.24) is 4.90 Å². The van der Waals surface area contributed by atoms with E-state index in [1.165, 1.54) is 4.90 Å². The Kier molecular flexibility index (Phi) is 5.67. The number of ether oxygens (including phenoxy) is 1. The Bertz CT molecular complexity index is 381. The first-order valence-electron chi connectivity index (χ1n) is 5.67. The summed E-state index contributed by atoms with van der Waals surface area (Å²) in [5, 5.41) is 0. The first-order chi connectivity index (χ1) is 8.27. The molecule has 0 aliphatic heterocycles. The topological polar surface area (TPSA) is 29.5 Å². The quantitative estimate of drug-likeness (QED) is 0.729. The minimum atomic E-state index is -0.353. The molecule has 0 aliphatic carbocycles. The van der Waals surface area contributed by atoms with Crippen LogP contribution < -0.4 is 0 Å². The summed E-state index contributed by atoms with van der Waals surface area (Å²) in [6.07, 6.45) is 5.72. The molecule has 3 nitrogen and oxygen atoms in total. The van der Waals surface area contributed by atoms with E-state index in [0.29, 0.717) is 13.1 Å². The smallest absolute Gasteiger partial charge is 0.410 e. The van der Waals surface area contributed by atoms with E-state index in [1.54, 1.807) is 0 Å². The number of hydrogen-bond acceptors (Lipinski definition) is 2. The van der Waals surface area contributed by atoms with Gasteiger partial charge in [0.15, 0.2) is 0 Å². The number of amides is 1. The molecule has 0 aliphatic rings. The van der Waals surface area contributed by atoms with E-state index in [1.807, 2.05) is 37.3 Å². The van der Waals surface area contributed by atoms with Crippen LogP contribution in [0.2, 0.25) is 0 Å². The Morgan fingerprint density at radius 2 is 2.12 bits per heavy atom. The van der Waals surface area contributed by atoms with Crippen LogP contribution in [0.25, 0.3) is 0 Å². The molecule has 1 aromatic carbocycles. The van der Waals surface area contributed by atoms with Crippen LogP contribution in [0.3, 0.4) is 0 Å². The summed E-state index contributed by atoms with van der Waals surface area (Å²) in [6, 6.07) is 9.58. The fourth-order valence-electron chi connectivity index (χ4n) is 1.43. The van der Waals surface area contributed by atoms with Crippen molar-refractivity contribution in [1.29, 1.82) is 0 Å². The van der Waals surface area contributed by atoms with Gasteiger partial charge in [-0.3, -0.25) is 4.90 Å². The molecule has 1 aromatic rings. The molecule has 1 rings (SSSR count). The van der Waals surface area contributed by atoms with E-state index in [0.717, 1.165) is 12.0 Å². The lowest BCUT2D eigenvalue weighted by atomic mass is 10.2. The van der Waals surface area contributed by atoms with Crippen molar-refractivity contribution in [3.05, 3.63) is 35.9 Å². The van der Waals surface area contributed by atoms with Crippen LogP contribution in [0, 0.1) is 12.3 Å². The molecule has 0 atom stereocenters. The van der Waals surface area contributed by atoms with Crippen LogP contribution in [-0.4, -0.2) is 24.1 Å². The molecule has 0 aromatic heterocycles. The minimum absolute atomic E-state index is 0.282. The molecule has 0 unspecified atom stereocenters. The summed E-state index contributed by atoms with van der Waals surface area (Å²) >= 11 is 0. The van der Waals surface area contributed by atoms with Gasteiger partial charge < -0.3 is 4.74 Å². The van der Waals surface area contributed by atoms with Crippen LogP contribution in [-0.2, 0) is 11.3 Å². The molecule has 3 heteroatoms. The molecule has 17 heavy (non-hydrogen) atoms. The molecule has 1 amide bonds. The van der Waals surface area contributed by atoms with Crippen LogP contribution in [0.1, 0.15) is 18.9 Å². The van der Waals surface area contributed by atoms with Crippen LogP contribution in [0.15, 0.2) is 30.3 Å². The van der Waals surface area contributed by atoms with Crippen molar-refractivity contribution in [2.45, 2.75) is 20.0 Å². The van der Waals surface area contributed by atoms with Crippen LogP contribution in [0.5, 0.6) is 0 Å². The maximum absolute atomic E-state index is 11.7. The SMILES string of the molecule is C#CCN(CCC)C(=O)OCc1ccccc1. The Labute approximate surface area is 102 Å². The fraction of sp³-hybridized carbons (Fsp3) is 0.357. The van der Waals surface area contributed by atoms with Gasteiger partial charge in [0.05, 0.1) is 6.54 Å².